The lowest BCUT2D eigenvalue weighted by Gasteiger charge is -2.71. The smallest absolute Gasteiger partial charge is 0.193 e. The van der Waals surface area contributed by atoms with Crippen LogP contribution in [-0.2, 0) is 13.9 Å². The minimum atomic E-state index is -1.95. The molecule has 5 heteroatoms. The average Bonchev–Trinajstić information content (AvgIpc) is 3.29. The van der Waals surface area contributed by atoms with Crippen molar-refractivity contribution in [2.45, 2.75) is 123 Å². The minimum absolute atomic E-state index is 0.0212. The van der Waals surface area contributed by atoms with Gasteiger partial charge in [-0.05, 0) is 61.6 Å². The average molecular weight is 491 g/mol. The Kier molecular flexibility index (Phi) is 7.44. The van der Waals surface area contributed by atoms with Gasteiger partial charge in [-0.25, -0.2) is 0 Å². The summed E-state index contributed by atoms with van der Waals surface area (Å²) < 4.78 is 19.7. The molecule has 194 valence electrons. The zero-order chi connectivity index (χ0) is 24.9. The van der Waals surface area contributed by atoms with Gasteiger partial charge >= 0.3 is 0 Å². The molecule has 0 aromatic heterocycles. The highest BCUT2D eigenvalue weighted by Crippen LogP contribution is 2.72. The number of aliphatic hydroxyl groups is 1. The molecule has 4 fully saturated rings. The van der Waals surface area contributed by atoms with Crippen molar-refractivity contribution in [2.75, 3.05) is 13.2 Å². The topological polar surface area (TPSA) is 47.9 Å². The van der Waals surface area contributed by atoms with Crippen LogP contribution < -0.4 is 0 Å². The normalized spacial score (nSPS) is 37.1. The first-order valence-electron chi connectivity index (χ1n) is 14.0. The van der Waals surface area contributed by atoms with Crippen molar-refractivity contribution in [2.24, 2.45) is 35.0 Å². The van der Waals surface area contributed by atoms with Gasteiger partial charge in [0.2, 0.25) is 0 Å². The fourth-order valence-electron chi connectivity index (χ4n) is 7.60. The molecule has 0 aromatic carbocycles. The monoisotopic (exact) mass is 490 g/mol. The lowest BCUT2D eigenvalue weighted by atomic mass is 9.38. The van der Waals surface area contributed by atoms with E-state index < -0.39 is 14.1 Å². The van der Waals surface area contributed by atoms with E-state index in [9.17, 15) is 5.11 Å². The second-order valence-corrected chi connectivity index (χ2v) is 18.2. The van der Waals surface area contributed by atoms with E-state index in [4.69, 9.17) is 13.9 Å². The van der Waals surface area contributed by atoms with Crippen molar-refractivity contribution in [1.29, 1.82) is 0 Å². The van der Waals surface area contributed by atoms with E-state index >= 15 is 0 Å². The molecule has 0 bridgehead atoms. The first kappa shape index (κ1) is 26.7. The van der Waals surface area contributed by atoms with Gasteiger partial charge in [-0.2, -0.15) is 0 Å². The Labute approximate surface area is 210 Å². The standard InChI is InChI=1S/C29H50O4Si/c1-20(2)28-17-16-24(30)23(26(28)21(3)29(28)31-18-19-32-29)14-15-25(22-12-10-9-11-13-22)33-34(7,8)27(4,5)6/h20-26,30H,9-13,16-19H2,1-8H3/t21?,23-,24+,25+,26+,28+/m0/s1. The van der Waals surface area contributed by atoms with Crippen LogP contribution in [0.15, 0.2) is 0 Å². The van der Waals surface area contributed by atoms with E-state index in [1.54, 1.807) is 0 Å². The maximum absolute atomic E-state index is 11.2. The Morgan fingerprint density at radius 2 is 1.65 bits per heavy atom. The highest BCUT2D eigenvalue weighted by molar-refractivity contribution is 6.74. The van der Waals surface area contributed by atoms with Crippen molar-refractivity contribution in [3.63, 3.8) is 0 Å². The first-order valence-corrected chi connectivity index (χ1v) is 16.9. The summed E-state index contributed by atoms with van der Waals surface area (Å²) in [5.41, 5.74) is -0.0673. The van der Waals surface area contributed by atoms with Crippen LogP contribution in [0.3, 0.4) is 0 Å². The van der Waals surface area contributed by atoms with Gasteiger partial charge in [0.25, 0.3) is 0 Å². The van der Waals surface area contributed by atoms with E-state index in [0.717, 1.165) is 12.8 Å². The summed E-state index contributed by atoms with van der Waals surface area (Å²) in [4.78, 5) is 0. The highest BCUT2D eigenvalue weighted by atomic mass is 28.4. The Morgan fingerprint density at radius 3 is 2.21 bits per heavy atom. The highest BCUT2D eigenvalue weighted by Gasteiger charge is 2.77. The minimum Gasteiger partial charge on any atom is -0.403 e. The molecule has 6 atom stereocenters. The van der Waals surface area contributed by atoms with Crippen LogP contribution in [0.2, 0.25) is 18.1 Å². The van der Waals surface area contributed by atoms with Gasteiger partial charge < -0.3 is 19.0 Å². The van der Waals surface area contributed by atoms with Gasteiger partial charge in [0.05, 0.1) is 25.2 Å². The summed E-state index contributed by atoms with van der Waals surface area (Å²) in [7, 11) is -1.95. The third-order valence-electron chi connectivity index (χ3n) is 10.5. The van der Waals surface area contributed by atoms with Gasteiger partial charge in [-0.1, -0.05) is 72.6 Å². The van der Waals surface area contributed by atoms with Crippen LogP contribution >= 0.6 is 0 Å². The molecule has 0 aromatic rings. The largest absolute Gasteiger partial charge is 0.403 e. The maximum atomic E-state index is 11.2. The molecular formula is C29H50O4Si. The summed E-state index contributed by atoms with van der Waals surface area (Å²) in [6.07, 6.45) is 7.63. The van der Waals surface area contributed by atoms with Gasteiger partial charge in [-0.15, -0.1) is 0 Å². The predicted molar refractivity (Wildman–Crippen MR) is 140 cm³/mol. The molecular weight excluding hydrogens is 440 g/mol. The lowest BCUT2D eigenvalue weighted by molar-refractivity contribution is -0.398. The number of aliphatic hydroxyl groups excluding tert-OH is 1. The molecule has 4 rings (SSSR count). The van der Waals surface area contributed by atoms with E-state index in [0.29, 0.717) is 31.0 Å². The number of rotatable bonds is 4. The van der Waals surface area contributed by atoms with Crippen LogP contribution in [0.1, 0.15) is 86.5 Å². The zero-order valence-corrected chi connectivity index (χ0v) is 24.1. The number of hydrogen-bond donors (Lipinski definition) is 1. The van der Waals surface area contributed by atoms with Gasteiger partial charge in [0, 0.05) is 11.3 Å². The third-order valence-corrected chi connectivity index (χ3v) is 14.9. The van der Waals surface area contributed by atoms with Crippen molar-refractivity contribution in [3.8, 4) is 11.8 Å². The summed E-state index contributed by atoms with van der Waals surface area (Å²) in [6, 6.07) is 0. The molecule has 1 heterocycles. The van der Waals surface area contributed by atoms with E-state index in [-0.39, 0.29) is 34.5 Å². The Balaban J connectivity index is 1.65. The van der Waals surface area contributed by atoms with Crippen molar-refractivity contribution in [1.82, 2.24) is 0 Å². The number of hydrogen-bond acceptors (Lipinski definition) is 4. The molecule has 1 aliphatic heterocycles. The van der Waals surface area contributed by atoms with E-state index in [2.05, 4.69) is 66.5 Å². The molecule has 4 aliphatic rings. The molecule has 0 radical (unpaired) electrons. The van der Waals surface area contributed by atoms with Crippen LogP contribution in [0.25, 0.3) is 0 Å². The molecule has 1 unspecified atom stereocenters. The summed E-state index contributed by atoms with van der Waals surface area (Å²) in [5, 5.41) is 11.4. The maximum Gasteiger partial charge on any atom is 0.193 e. The summed E-state index contributed by atoms with van der Waals surface area (Å²) in [6.45, 7) is 19.8. The second kappa shape index (κ2) is 9.49. The zero-order valence-electron chi connectivity index (χ0n) is 23.1. The van der Waals surface area contributed by atoms with Gasteiger partial charge in [0.1, 0.15) is 6.10 Å². The van der Waals surface area contributed by atoms with Crippen LogP contribution in [0.5, 0.6) is 0 Å². The molecule has 1 saturated heterocycles. The number of fused-ring (bicyclic) bond motifs is 2. The molecule has 3 aliphatic carbocycles. The van der Waals surface area contributed by atoms with E-state index in [1.165, 1.54) is 32.1 Å². The fourth-order valence-corrected chi connectivity index (χ4v) is 8.83. The first-order chi connectivity index (χ1) is 15.9. The van der Waals surface area contributed by atoms with Gasteiger partial charge in [0.15, 0.2) is 14.1 Å². The van der Waals surface area contributed by atoms with Gasteiger partial charge in [-0.3, -0.25) is 0 Å². The molecule has 0 amide bonds. The van der Waals surface area contributed by atoms with E-state index in [1.807, 2.05) is 0 Å². The SMILES string of the molecule is CC1[C@@H]2[C@@H](C#C[C@@H](O[Si](C)(C)C(C)(C)C)C3CCCCC3)[C@H](O)CC[C@]2(C(C)C)C12OCCO2. The molecule has 3 saturated carbocycles. The van der Waals surface area contributed by atoms with Crippen LogP contribution in [0.4, 0.5) is 0 Å². The Morgan fingerprint density at radius 1 is 1.03 bits per heavy atom. The molecule has 4 nitrogen and oxygen atoms in total. The lowest BCUT2D eigenvalue weighted by Crippen LogP contribution is -2.76. The summed E-state index contributed by atoms with van der Waals surface area (Å²) >= 11 is 0. The summed E-state index contributed by atoms with van der Waals surface area (Å²) in [5.74, 6) is 8.28. The second-order valence-electron chi connectivity index (χ2n) is 13.5. The fraction of sp³-hybridized carbons (Fsp3) is 0.931. The Bertz CT molecular complexity index is 778. The Hall–Kier alpha value is -0.383. The molecule has 34 heavy (non-hydrogen) atoms. The molecule has 1 spiro atoms. The van der Waals surface area contributed by atoms with Crippen molar-refractivity contribution >= 4 is 8.32 Å². The van der Waals surface area contributed by atoms with Crippen molar-refractivity contribution < 1.29 is 19.0 Å². The number of ether oxygens (including phenoxy) is 2. The van der Waals surface area contributed by atoms with Crippen LogP contribution in [-0.4, -0.2) is 44.6 Å². The predicted octanol–water partition coefficient (Wildman–Crippen LogP) is 6.38. The quantitative estimate of drug-likeness (QED) is 0.367. The van der Waals surface area contributed by atoms with Crippen LogP contribution in [0, 0.1) is 46.8 Å². The third kappa shape index (κ3) is 4.14. The van der Waals surface area contributed by atoms with Crippen molar-refractivity contribution in [3.05, 3.63) is 0 Å². The molecule has 1 N–H and O–H groups in total.